The highest BCUT2D eigenvalue weighted by molar-refractivity contribution is 5.87. The van der Waals surface area contributed by atoms with Crippen LogP contribution in [0, 0.1) is 5.82 Å². The second kappa shape index (κ2) is 4.04. The normalized spacial score (nSPS) is 23.6. The van der Waals surface area contributed by atoms with Crippen LogP contribution in [-0.2, 0) is 4.79 Å². The number of nitrogens with zero attached hydrogens (tertiary/aromatic N) is 1. The van der Waals surface area contributed by atoms with Crippen LogP contribution in [-0.4, -0.2) is 35.1 Å². The number of hydrogen-bond acceptors (Lipinski definition) is 2. The molecule has 1 aromatic carbocycles. The van der Waals surface area contributed by atoms with E-state index in [1.165, 1.54) is 36.2 Å². The summed E-state index contributed by atoms with van der Waals surface area (Å²) >= 11 is 0. The molecule has 0 saturated carbocycles. The molecule has 1 aromatic rings. The van der Waals surface area contributed by atoms with Gasteiger partial charge in [0.15, 0.2) is 6.04 Å². The second-order valence-electron chi connectivity index (χ2n) is 3.87. The van der Waals surface area contributed by atoms with Gasteiger partial charge in [0.1, 0.15) is 5.82 Å². The fourth-order valence-electron chi connectivity index (χ4n) is 1.94. The van der Waals surface area contributed by atoms with Crippen LogP contribution in [0.5, 0.6) is 0 Å². The molecule has 0 spiro atoms. The molecule has 0 aliphatic carbocycles. The topological polar surface area (TPSA) is 69.6 Å². The minimum absolute atomic E-state index is 0.402. The third kappa shape index (κ3) is 1.93. The van der Waals surface area contributed by atoms with E-state index in [2.05, 4.69) is 5.32 Å². The maximum absolute atomic E-state index is 12.8. The summed E-state index contributed by atoms with van der Waals surface area (Å²) in [5, 5.41) is 11.4. The molecular formula is C11H11FN2O3. The van der Waals surface area contributed by atoms with Gasteiger partial charge in [-0.1, -0.05) is 12.1 Å². The second-order valence-corrected chi connectivity index (χ2v) is 3.87. The molecular weight excluding hydrogens is 227 g/mol. The van der Waals surface area contributed by atoms with Gasteiger partial charge in [-0.25, -0.2) is 14.0 Å². The van der Waals surface area contributed by atoms with Crippen molar-refractivity contribution in [2.45, 2.75) is 12.1 Å². The van der Waals surface area contributed by atoms with Gasteiger partial charge in [-0.3, -0.25) is 0 Å². The summed E-state index contributed by atoms with van der Waals surface area (Å²) < 4.78 is 12.8. The van der Waals surface area contributed by atoms with Crippen molar-refractivity contribution in [2.24, 2.45) is 0 Å². The Hall–Kier alpha value is -2.11. The SMILES string of the molecule is CN1C(=O)NC(C(=O)O)C1c1ccc(F)cc1. The first-order valence-electron chi connectivity index (χ1n) is 5.02. The molecule has 1 saturated heterocycles. The lowest BCUT2D eigenvalue weighted by atomic mass is 10.00. The standard InChI is InChI=1S/C11H11FN2O3/c1-14-9(6-2-4-7(12)5-3-6)8(10(15)16)13-11(14)17/h2-5,8-9H,1H3,(H,13,17)(H,15,16). The molecule has 5 nitrogen and oxygen atoms in total. The van der Waals surface area contributed by atoms with Crippen LogP contribution in [0.2, 0.25) is 0 Å². The van der Waals surface area contributed by atoms with Crippen molar-refractivity contribution in [3.05, 3.63) is 35.6 Å². The van der Waals surface area contributed by atoms with E-state index in [-0.39, 0.29) is 0 Å². The average Bonchev–Trinajstić information content (AvgIpc) is 2.57. The zero-order valence-corrected chi connectivity index (χ0v) is 9.05. The molecule has 2 rings (SSSR count). The summed E-state index contributed by atoms with van der Waals surface area (Å²) in [6.45, 7) is 0. The van der Waals surface area contributed by atoms with E-state index in [4.69, 9.17) is 5.11 Å². The number of nitrogens with one attached hydrogen (secondary N) is 1. The van der Waals surface area contributed by atoms with E-state index in [1.54, 1.807) is 0 Å². The van der Waals surface area contributed by atoms with Crippen molar-refractivity contribution in [3.63, 3.8) is 0 Å². The Morgan fingerprint density at radius 2 is 2.00 bits per heavy atom. The monoisotopic (exact) mass is 238 g/mol. The lowest BCUT2D eigenvalue weighted by Crippen LogP contribution is -2.35. The van der Waals surface area contributed by atoms with Gasteiger partial charge in [-0.05, 0) is 17.7 Å². The maximum Gasteiger partial charge on any atom is 0.328 e. The average molecular weight is 238 g/mol. The number of likely N-dealkylation sites (N-methyl/N-ethyl adjacent to an activating group) is 1. The van der Waals surface area contributed by atoms with Crippen LogP contribution in [0.3, 0.4) is 0 Å². The molecule has 2 N–H and O–H groups in total. The van der Waals surface area contributed by atoms with Crippen molar-refractivity contribution in [1.29, 1.82) is 0 Å². The van der Waals surface area contributed by atoms with Crippen molar-refractivity contribution in [3.8, 4) is 0 Å². The number of urea groups is 1. The van der Waals surface area contributed by atoms with Crippen LogP contribution < -0.4 is 5.32 Å². The highest BCUT2D eigenvalue weighted by Gasteiger charge is 2.42. The van der Waals surface area contributed by atoms with Gasteiger partial charge in [0.2, 0.25) is 0 Å². The van der Waals surface area contributed by atoms with Crippen LogP contribution in [0.15, 0.2) is 24.3 Å². The van der Waals surface area contributed by atoms with E-state index >= 15 is 0 Å². The first-order chi connectivity index (χ1) is 8.00. The van der Waals surface area contributed by atoms with Gasteiger partial charge in [0, 0.05) is 7.05 Å². The molecule has 2 unspecified atom stereocenters. The van der Waals surface area contributed by atoms with E-state index < -0.39 is 29.9 Å². The predicted molar refractivity (Wildman–Crippen MR) is 56.9 cm³/mol. The minimum Gasteiger partial charge on any atom is -0.480 e. The lowest BCUT2D eigenvalue weighted by molar-refractivity contribution is -0.139. The number of carbonyl (C=O) groups is 2. The quantitative estimate of drug-likeness (QED) is 0.806. The van der Waals surface area contributed by atoms with Crippen molar-refractivity contribution >= 4 is 12.0 Å². The Bertz CT molecular complexity index is 460. The molecule has 1 aliphatic heterocycles. The Labute approximate surface area is 96.8 Å². The fourth-order valence-corrected chi connectivity index (χ4v) is 1.94. The van der Waals surface area contributed by atoms with Crippen LogP contribution >= 0.6 is 0 Å². The first-order valence-corrected chi connectivity index (χ1v) is 5.02. The molecule has 2 atom stereocenters. The van der Waals surface area contributed by atoms with E-state index in [1.807, 2.05) is 0 Å². The molecule has 2 amide bonds. The van der Waals surface area contributed by atoms with Crippen LogP contribution in [0.1, 0.15) is 11.6 Å². The van der Waals surface area contributed by atoms with E-state index in [0.717, 1.165) is 0 Å². The van der Waals surface area contributed by atoms with Gasteiger partial charge in [0.25, 0.3) is 0 Å². The first kappa shape index (κ1) is 11.4. The van der Waals surface area contributed by atoms with Gasteiger partial charge in [-0.15, -0.1) is 0 Å². The number of benzene rings is 1. The number of carboxylic acids is 1. The minimum atomic E-state index is -1.11. The summed E-state index contributed by atoms with van der Waals surface area (Å²) in [4.78, 5) is 23.7. The number of amides is 2. The van der Waals surface area contributed by atoms with Gasteiger partial charge in [-0.2, -0.15) is 0 Å². The van der Waals surface area contributed by atoms with Crippen LogP contribution in [0.4, 0.5) is 9.18 Å². The maximum atomic E-state index is 12.8. The highest BCUT2D eigenvalue weighted by Crippen LogP contribution is 2.28. The third-order valence-electron chi connectivity index (χ3n) is 2.81. The van der Waals surface area contributed by atoms with Gasteiger partial charge >= 0.3 is 12.0 Å². The third-order valence-corrected chi connectivity index (χ3v) is 2.81. The molecule has 17 heavy (non-hydrogen) atoms. The van der Waals surface area contributed by atoms with E-state index in [9.17, 15) is 14.0 Å². The highest BCUT2D eigenvalue weighted by atomic mass is 19.1. The fraction of sp³-hybridized carbons (Fsp3) is 0.273. The summed E-state index contributed by atoms with van der Waals surface area (Å²) in [5.74, 6) is -1.52. The Balaban J connectivity index is 2.37. The summed E-state index contributed by atoms with van der Waals surface area (Å²) in [6, 6.07) is 3.35. The predicted octanol–water partition coefficient (Wildman–Crippen LogP) is 0.975. The Morgan fingerprint density at radius 1 is 1.41 bits per heavy atom. The molecule has 0 bridgehead atoms. The molecule has 90 valence electrons. The molecule has 0 aromatic heterocycles. The lowest BCUT2D eigenvalue weighted by Gasteiger charge is -2.21. The molecule has 1 heterocycles. The number of hydrogen-bond donors (Lipinski definition) is 2. The number of carbonyl (C=O) groups excluding carboxylic acids is 1. The zero-order chi connectivity index (χ0) is 12.6. The summed E-state index contributed by atoms with van der Waals surface area (Å²) in [6.07, 6.45) is 0. The Morgan fingerprint density at radius 3 is 2.53 bits per heavy atom. The molecule has 6 heteroatoms. The van der Waals surface area contributed by atoms with Crippen molar-refractivity contribution in [1.82, 2.24) is 10.2 Å². The van der Waals surface area contributed by atoms with Gasteiger partial charge in [0.05, 0.1) is 6.04 Å². The molecule has 1 aliphatic rings. The largest absolute Gasteiger partial charge is 0.480 e. The smallest absolute Gasteiger partial charge is 0.328 e. The van der Waals surface area contributed by atoms with E-state index in [0.29, 0.717) is 5.56 Å². The summed E-state index contributed by atoms with van der Waals surface area (Å²) in [5.41, 5.74) is 0.583. The molecule has 0 radical (unpaired) electrons. The number of aliphatic carboxylic acids is 1. The summed E-state index contributed by atoms with van der Waals surface area (Å²) in [7, 11) is 1.51. The number of carboxylic acid groups (broad SMARTS) is 1. The van der Waals surface area contributed by atoms with Crippen molar-refractivity contribution < 1.29 is 19.1 Å². The van der Waals surface area contributed by atoms with Crippen molar-refractivity contribution in [2.75, 3.05) is 7.05 Å². The Kier molecular flexibility index (Phi) is 2.71. The molecule has 1 fully saturated rings. The number of halogens is 1. The van der Waals surface area contributed by atoms with Gasteiger partial charge < -0.3 is 15.3 Å². The zero-order valence-electron chi connectivity index (χ0n) is 9.05. The van der Waals surface area contributed by atoms with Crippen LogP contribution in [0.25, 0.3) is 0 Å². The number of rotatable bonds is 2.